The largest absolute Gasteiger partial charge is 0.378 e. The lowest BCUT2D eigenvalue weighted by atomic mass is 10.1. The Kier molecular flexibility index (Phi) is 5.38. The molecule has 1 aromatic carbocycles. The van der Waals surface area contributed by atoms with Gasteiger partial charge in [0.15, 0.2) is 0 Å². The number of halogens is 1. The van der Waals surface area contributed by atoms with E-state index < -0.39 is 0 Å². The first-order valence-corrected chi connectivity index (χ1v) is 8.15. The Morgan fingerprint density at radius 1 is 1.20 bits per heavy atom. The van der Waals surface area contributed by atoms with Crippen LogP contribution in [0.3, 0.4) is 0 Å². The van der Waals surface area contributed by atoms with Gasteiger partial charge in [0.05, 0.1) is 5.69 Å². The third-order valence-electron chi connectivity index (χ3n) is 4.15. The van der Waals surface area contributed by atoms with Crippen molar-refractivity contribution in [2.75, 3.05) is 14.1 Å². The molecule has 0 saturated carbocycles. The van der Waals surface area contributed by atoms with Crippen molar-refractivity contribution in [2.24, 2.45) is 7.05 Å². The average molecular weight is 360 g/mol. The molecular formula is C19H22ClN3O2. The van der Waals surface area contributed by atoms with Crippen LogP contribution < -0.4 is 11.2 Å². The molecule has 0 aliphatic heterocycles. The molecule has 2 aromatic rings. The molecule has 0 fully saturated rings. The maximum absolute atomic E-state index is 12.6. The molecule has 25 heavy (non-hydrogen) atoms. The Hall–Kier alpha value is -2.53. The van der Waals surface area contributed by atoms with Gasteiger partial charge < -0.3 is 9.47 Å². The molecule has 0 radical (unpaired) electrons. The zero-order chi connectivity index (χ0) is 18.9. The highest BCUT2D eigenvalue weighted by Gasteiger charge is 2.13. The van der Waals surface area contributed by atoms with Gasteiger partial charge in [-0.25, -0.2) is 9.36 Å². The van der Waals surface area contributed by atoms with Crippen LogP contribution in [-0.4, -0.2) is 28.1 Å². The lowest BCUT2D eigenvalue weighted by molar-refractivity contribution is 0.533. The Morgan fingerprint density at radius 3 is 2.44 bits per heavy atom. The first kappa shape index (κ1) is 18.8. The molecule has 0 aliphatic carbocycles. The zero-order valence-corrected chi connectivity index (χ0v) is 15.9. The van der Waals surface area contributed by atoms with Gasteiger partial charge in [0.2, 0.25) is 0 Å². The van der Waals surface area contributed by atoms with Crippen LogP contribution in [0.2, 0.25) is 5.02 Å². The number of benzene rings is 1. The molecule has 0 N–H and O–H groups in total. The molecule has 0 amide bonds. The van der Waals surface area contributed by atoms with E-state index in [1.165, 1.54) is 10.6 Å². The molecular weight excluding hydrogens is 338 g/mol. The predicted molar refractivity (Wildman–Crippen MR) is 104 cm³/mol. The monoisotopic (exact) mass is 359 g/mol. The van der Waals surface area contributed by atoms with Gasteiger partial charge in [-0.05, 0) is 43.2 Å². The second-order valence-corrected chi connectivity index (χ2v) is 6.59. The maximum Gasteiger partial charge on any atom is 0.335 e. The molecule has 1 aromatic heterocycles. The van der Waals surface area contributed by atoms with Gasteiger partial charge in [-0.2, -0.15) is 0 Å². The van der Waals surface area contributed by atoms with Crippen molar-refractivity contribution in [1.29, 1.82) is 0 Å². The van der Waals surface area contributed by atoms with Crippen LogP contribution in [0.5, 0.6) is 0 Å². The van der Waals surface area contributed by atoms with E-state index in [0.29, 0.717) is 22.0 Å². The first-order valence-electron chi connectivity index (χ1n) is 7.78. The van der Waals surface area contributed by atoms with E-state index in [1.807, 2.05) is 38.1 Å². The van der Waals surface area contributed by atoms with Crippen LogP contribution in [0.15, 0.2) is 46.1 Å². The summed E-state index contributed by atoms with van der Waals surface area (Å²) in [6.07, 6.45) is 3.65. The lowest BCUT2D eigenvalue weighted by Crippen LogP contribution is -2.38. The molecule has 132 valence electrons. The summed E-state index contributed by atoms with van der Waals surface area (Å²) in [5, 5.41) is 0.543. The van der Waals surface area contributed by atoms with E-state index in [-0.39, 0.29) is 11.2 Å². The number of aromatic nitrogens is 2. The van der Waals surface area contributed by atoms with Crippen LogP contribution in [-0.2, 0) is 7.05 Å². The molecule has 5 nitrogen and oxygen atoms in total. The van der Waals surface area contributed by atoms with E-state index in [1.54, 1.807) is 26.1 Å². The minimum atomic E-state index is -0.386. The number of nitrogens with zero attached hydrogens (tertiary/aromatic N) is 3. The molecule has 0 saturated heterocycles. The van der Waals surface area contributed by atoms with Crippen molar-refractivity contribution in [3.05, 3.63) is 79.2 Å². The second-order valence-electron chi connectivity index (χ2n) is 6.18. The molecule has 0 spiro atoms. The number of hydrogen-bond donors (Lipinski definition) is 0. The Balaban J connectivity index is 2.68. The fraction of sp³-hybridized carbons (Fsp3) is 0.263. The van der Waals surface area contributed by atoms with E-state index in [2.05, 4.69) is 6.58 Å². The molecule has 0 aliphatic rings. The summed E-state index contributed by atoms with van der Waals surface area (Å²) in [6, 6.07) is 4.94. The summed E-state index contributed by atoms with van der Waals surface area (Å²) in [7, 11) is 5.43. The van der Waals surface area contributed by atoms with E-state index in [0.717, 1.165) is 15.8 Å². The van der Waals surface area contributed by atoms with E-state index in [4.69, 9.17) is 11.6 Å². The third-order valence-corrected chi connectivity index (χ3v) is 4.47. The van der Waals surface area contributed by atoms with Gasteiger partial charge in [-0.1, -0.05) is 24.3 Å². The number of likely N-dealkylation sites (N-methyl/N-ethyl adjacent to an activating group) is 1. The number of allylic oxidation sites excluding steroid dienone is 1. The lowest BCUT2D eigenvalue weighted by Gasteiger charge is -2.14. The summed E-state index contributed by atoms with van der Waals surface area (Å²) >= 11 is 6.32. The summed E-state index contributed by atoms with van der Waals surface area (Å²) in [4.78, 5) is 26.8. The maximum atomic E-state index is 12.6. The highest BCUT2D eigenvalue weighted by Crippen LogP contribution is 2.24. The quantitative estimate of drug-likeness (QED) is 0.788. The van der Waals surface area contributed by atoms with Crippen molar-refractivity contribution in [3.8, 4) is 5.69 Å². The SMILES string of the molecule is C=C(C=Cc1cc(-n2c(=O)cc(C)n(C)c2=O)c(C)cc1Cl)N(C)C. The number of aryl methyl sites for hydroxylation is 2. The summed E-state index contributed by atoms with van der Waals surface area (Å²) < 4.78 is 2.61. The van der Waals surface area contributed by atoms with Gasteiger partial charge in [0.25, 0.3) is 5.56 Å². The summed E-state index contributed by atoms with van der Waals surface area (Å²) in [5.41, 5.74) is 2.64. The van der Waals surface area contributed by atoms with Crippen molar-refractivity contribution in [2.45, 2.75) is 13.8 Å². The highest BCUT2D eigenvalue weighted by molar-refractivity contribution is 6.32. The molecule has 0 bridgehead atoms. The smallest absolute Gasteiger partial charge is 0.335 e. The number of hydrogen-bond acceptors (Lipinski definition) is 3. The fourth-order valence-corrected chi connectivity index (χ4v) is 2.62. The van der Waals surface area contributed by atoms with Gasteiger partial charge in [0, 0.05) is 43.6 Å². The average Bonchev–Trinajstić information content (AvgIpc) is 2.53. The van der Waals surface area contributed by atoms with Gasteiger partial charge in [0.1, 0.15) is 0 Å². The summed E-state index contributed by atoms with van der Waals surface area (Å²) in [5.74, 6) is 0. The second kappa shape index (κ2) is 7.15. The Labute approximate surface area is 152 Å². The Morgan fingerprint density at radius 2 is 1.84 bits per heavy atom. The standard InChI is InChI=1S/C19H22ClN3O2/c1-12-9-16(20)15(8-7-13(2)21(4)5)11-17(12)23-18(24)10-14(3)22(6)19(23)25/h7-11H,2H2,1,3-6H3. The minimum absolute atomic E-state index is 0.362. The molecule has 1 heterocycles. The van der Waals surface area contributed by atoms with Crippen molar-refractivity contribution < 1.29 is 0 Å². The highest BCUT2D eigenvalue weighted by atomic mass is 35.5. The van der Waals surface area contributed by atoms with E-state index >= 15 is 0 Å². The topological polar surface area (TPSA) is 47.2 Å². The number of rotatable bonds is 4. The first-order chi connectivity index (χ1) is 11.6. The Bertz CT molecular complexity index is 981. The van der Waals surface area contributed by atoms with Gasteiger partial charge in [-0.3, -0.25) is 4.79 Å². The fourth-order valence-electron chi connectivity index (χ4n) is 2.34. The van der Waals surface area contributed by atoms with Gasteiger partial charge >= 0.3 is 5.69 Å². The van der Waals surface area contributed by atoms with Crippen LogP contribution in [0, 0.1) is 13.8 Å². The summed E-state index contributed by atoms with van der Waals surface area (Å²) in [6.45, 7) is 7.48. The molecule has 2 rings (SSSR count). The minimum Gasteiger partial charge on any atom is -0.378 e. The van der Waals surface area contributed by atoms with Crippen molar-refractivity contribution in [3.63, 3.8) is 0 Å². The van der Waals surface area contributed by atoms with Crippen LogP contribution in [0.4, 0.5) is 0 Å². The van der Waals surface area contributed by atoms with E-state index in [9.17, 15) is 9.59 Å². The zero-order valence-electron chi connectivity index (χ0n) is 15.1. The van der Waals surface area contributed by atoms with Crippen molar-refractivity contribution in [1.82, 2.24) is 14.0 Å². The van der Waals surface area contributed by atoms with Crippen LogP contribution >= 0.6 is 11.6 Å². The van der Waals surface area contributed by atoms with Gasteiger partial charge in [-0.15, -0.1) is 0 Å². The molecule has 0 unspecified atom stereocenters. The molecule has 6 heteroatoms. The van der Waals surface area contributed by atoms with Crippen molar-refractivity contribution >= 4 is 17.7 Å². The third kappa shape index (κ3) is 3.77. The molecule has 0 atom stereocenters. The normalized spacial score (nSPS) is 11.1. The van der Waals surface area contributed by atoms with Crippen LogP contribution in [0.25, 0.3) is 11.8 Å². The van der Waals surface area contributed by atoms with Crippen LogP contribution in [0.1, 0.15) is 16.8 Å². The predicted octanol–water partition coefficient (Wildman–Crippen LogP) is 2.89.